The molecule has 21 heavy (non-hydrogen) atoms. The van der Waals surface area contributed by atoms with Crippen molar-refractivity contribution in [3.63, 3.8) is 0 Å². The molecule has 4 heteroatoms. The molecule has 1 aromatic rings. The van der Waals surface area contributed by atoms with Crippen LogP contribution in [0.25, 0.3) is 0 Å². The molecule has 1 atom stereocenters. The number of fused-ring (bicyclic) bond motifs is 1. The van der Waals surface area contributed by atoms with E-state index in [1.807, 2.05) is 24.1 Å². The maximum absolute atomic E-state index is 11.3. The molecule has 0 aliphatic carbocycles. The van der Waals surface area contributed by atoms with E-state index < -0.39 is 0 Å². The van der Waals surface area contributed by atoms with Gasteiger partial charge < -0.3 is 9.47 Å². The standard InChI is InChI=1S/C17H23NO3/c1-5-9-18(12(2)3)14-10-13-15(20-4)7-6-8-16(13)21-17(14)11-19/h6-8,12,14H,5,9-10H2,1-4H3. The Kier molecular flexibility index (Phi) is 5.05. The molecule has 0 fully saturated rings. The molecule has 0 saturated carbocycles. The van der Waals surface area contributed by atoms with Crippen molar-refractivity contribution in [1.82, 2.24) is 4.90 Å². The van der Waals surface area contributed by atoms with Crippen LogP contribution < -0.4 is 9.47 Å². The number of hydrogen-bond donors (Lipinski definition) is 0. The minimum Gasteiger partial charge on any atom is -0.496 e. The summed E-state index contributed by atoms with van der Waals surface area (Å²) in [5.74, 6) is 3.87. The zero-order valence-electron chi connectivity index (χ0n) is 13.2. The number of nitrogens with zero attached hydrogens (tertiary/aromatic N) is 1. The molecule has 0 amide bonds. The summed E-state index contributed by atoms with van der Waals surface area (Å²) in [4.78, 5) is 13.6. The second kappa shape index (κ2) is 6.79. The van der Waals surface area contributed by atoms with Crippen LogP contribution in [0, 0.1) is 0 Å². The smallest absolute Gasteiger partial charge is 0.204 e. The molecule has 0 spiro atoms. The second-order valence-electron chi connectivity index (χ2n) is 5.56. The fourth-order valence-electron chi connectivity index (χ4n) is 2.89. The summed E-state index contributed by atoms with van der Waals surface area (Å²) in [6.45, 7) is 7.32. The van der Waals surface area contributed by atoms with Gasteiger partial charge >= 0.3 is 0 Å². The van der Waals surface area contributed by atoms with Crippen LogP contribution in [0.1, 0.15) is 32.8 Å². The molecule has 4 nitrogen and oxygen atoms in total. The van der Waals surface area contributed by atoms with E-state index in [1.54, 1.807) is 7.11 Å². The maximum Gasteiger partial charge on any atom is 0.204 e. The van der Waals surface area contributed by atoms with Crippen molar-refractivity contribution in [2.75, 3.05) is 13.7 Å². The number of methoxy groups -OCH3 is 1. The van der Waals surface area contributed by atoms with E-state index in [1.165, 1.54) is 0 Å². The second-order valence-corrected chi connectivity index (χ2v) is 5.56. The molecule has 1 aliphatic rings. The van der Waals surface area contributed by atoms with Crippen molar-refractivity contribution in [1.29, 1.82) is 0 Å². The highest BCUT2D eigenvalue weighted by Gasteiger charge is 2.33. The Morgan fingerprint density at radius 2 is 2.24 bits per heavy atom. The molecule has 0 bridgehead atoms. The third-order valence-corrected chi connectivity index (χ3v) is 3.88. The third-order valence-electron chi connectivity index (χ3n) is 3.88. The van der Waals surface area contributed by atoms with E-state index >= 15 is 0 Å². The summed E-state index contributed by atoms with van der Waals surface area (Å²) in [6.07, 6.45) is 1.74. The quantitative estimate of drug-likeness (QED) is 0.781. The first-order valence-electron chi connectivity index (χ1n) is 7.46. The summed E-state index contributed by atoms with van der Waals surface area (Å²) in [5, 5.41) is 0. The van der Waals surface area contributed by atoms with Gasteiger partial charge in [-0.3, -0.25) is 4.90 Å². The predicted octanol–water partition coefficient (Wildman–Crippen LogP) is 2.83. The van der Waals surface area contributed by atoms with Gasteiger partial charge in [-0.2, -0.15) is 0 Å². The lowest BCUT2D eigenvalue weighted by Crippen LogP contribution is -2.46. The Morgan fingerprint density at radius 3 is 2.81 bits per heavy atom. The highest BCUT2D eigenvalue weighted by atomic mass is 16.5. The summed E-state index contributed by atoms with van der Waals surface area (Å²) in [5.41, 5.74) is 1.02. The van der Waals surface area contributed by atoms with Crippen molar-refractivity contribution < 1.29 is 14.3 Å². The monoisotopic (exact) mass is 289 g/mol. The summed E-state index contributed by atoms with van der Waals surface area (Å²) < 4.78 is 11.2. The van der Waals surface area contributed by atoms with Gasteiger partial charge in [0.25, 0.3) is 0 Å². The molecule has 0 N–H and O–H groups in total. The largest absolute Gasteiger partial charge is 0.496 e. The fourth-order valence-corrected chi connectivity index (χ4v) is 2.89. The number of hydrogen-bond acceptors (Lipinski definition) is 4. The van der Waals surface area contributed by atoms with Gasteiger partial charge in [0.1, 0.15) is 11.5 Å². The zero-order chi connectivity index (χ0) is 15.4. The van der Waals surface area contributed by atoms with Gasteiger partial charge in [0, 0.05) is 18.0 Å². The molecule has 1 unspecified atom stereocenters. The van der Waals surface area contributed by atoms with Gasteiger partial charge in [-0.1, -0.05) is 13.0 Å². The van der Waals surface area contributed by atoms with E-state index in [2.05, 4.69) is 25.7 Å². The molecule has 1 aliphatic heterocycles. The predicted molar refractivity (Wildman–Crippen MR) is 82.5 cm³/mol. The number of carbonyl (C=O) groups excluding carboxylic acids is 1. The molecular weight excluding hydrogens is 266 g/mol. The number of ether oxygens (including phenoxy) is 2. The first kappa shape index (κ1) is 15.6. The van der Waals surface area contributed by atoms with E-state index in [-0.39, 0.29) is 6.04 Å². The van der Waals surface area contributed by atoms with Crippen molar-refractivity contribution in [3.05, 3.63) is 29.5 Å². The minimum atomic E-state index is -0.0775. The van der Waals surface area contributed by atoms with Crippen molar-refractivity contribution in [2.45, 2.75) is 45.7 Å². The molecule has 114 valence electrons. The maximum atomic E-state index is 11.3. The van der Waals surface area contributed by atoms with Gasteiger partial charge in [-0.05, 0) is 38.9 Å². The van der Waals surface area contributed by atoms with Crippen molar-refractivity contribution in [2.24, 2.45) is 0 Å². The van der Waals surface area contributed by atoms with Crippen LogP contribution in [0.15, 0.2) is 24.0 Å². The molecule has 0 aromatic heterocycles. The van der Waals surface area contributed by atoms with Gasteiger partial charge in [0.05, 0.1) is 13.2 Å². The Hall–Kier alpha value is -1.77. The van der Waals surface area contributed by atoms with Gasteiger partial charge in [-0.25, -0.2) is 4.79 Å². The lowest BCUT2D eigenvalue weighted by atomic mass is 9.97. The third kappa shape index (κ3) is 3.12. The molecule has 2 rings (SSSR count). The zero-order valence-corrected chi connectivity index (χ0v) is 13.2. The van der Waals surface area contributed by atoms with E-state index in [9.17, 15) is 4.79 Å². The molecule has 0 radical (unpaired) electrons. The summed E-state index contributed by atoms with van der Waals surface area (Å²) in [7, 11) is 1.65. The highest BCUT2D eigenvalue weighted by Crippen LogP contribution is 2.37. The van der Waals surface area contributed by atoms with Crippen molar-refractivity contribution >= 4 is 5.94 Å². The molecular formula is C17H23NO3. The normalized spacial score (nSPS) is 17.4. The van der Waals surface area contributed by atoms with E-state index in [0.717, 1.165) is 24.3 Å². The van der Waals surface area contributed by atoms with Crippen LogP contribution in [0.3, 0.4) is 0 Å². The lowest BCUT2D eigenvalue weighted by Gasteiger charge is -2.37. The first-order valence-corrected chi connectivity index (χ1v) is 7.46. The average molecular weight is 289 g/mol. The minimum absolute atomic E-state index is 0.0775. The lowest BCUT2D eigenvalue weighted by molar-refractivity contribution is 0.134. The highest BCUT2D eigenvalue weighted by molar-refractivity contribution is 5.58. The first-order chi connectivity index (χ1) is 10.1. The van der Waals surface area contributed by atoms with Crippen LogP contribution in [-0.4, -0.2) is 36.6 Å². The fraction of sp³-hybridized carbons (Fsp3) is 0.529. The summed E-state index contributed by atoms with van der Waals surface area (Å²) >= 11 is 0. The van der Waals surface area contributed by atoms with Crippen LogP contribution >= 0.6 is 0 Å². The Labute approximate surface area is 126 Å². The van der Waals surface area contributed by atoms with E-state index in [4.69, 9.17) is 9.47 Å². The Balaban J connectivity index is 2.41. The van der Waals surface area contributed by atoms with Gasteiger partial charge in [0.15, 0.2) is 5.94 Å². The van der Waals surface area contributed by atoms with Crippen molar-refractivity contribution in [3.8, 4) is 11.5 Å². The summed E-state index contributed by atoms with van der Waals surface area (Å²) in [6, 6.07) is 5.91. The molecule has 0 saturated heterocycles. The Bertz CT molecular complexity index is 547. The average Bonchev–Trinajstić information content (AvgIpc) is 2.50. The molecule has 1 aromatic carbocycles. The van der Waals surface area contributed by atoms with E-state index in [0.29, 0.717) is 24.0 Å². The van der Waals surface area contributed by atoms with Crippen LogP contribution in [-0.2, 0) is 11.2 Å². The Morgan fingerprint density at radius 1 is 1.48 bits per heavy atom. The van der Waals surface area contributed by atoms with Gasteiger partial charge in [0.2, 0.25) is 5.76 Å². The topological polar surface area (TPSA) is 38.8 Å². The van der Waals surface area contributed by atoms with Crippen LogP contribution in [0.2, 0.25) is 0 Å². The number of rotatable bonds is 5. The number of benzene rings is 1. The van der Waals surface area contributed by atoms with Crippen LogP contribution in [0.4, 0.5) is 0 Å². The SMILES string of the molecule is CCCN(C(C)C)C1Cc2c(OC)cccc2OC1=C=O. The molecule has 1 heterocycles. The van der Waals surface area contributed by atoms with Gasteiger partial charge in [-0.15, -0.1) is 0 Å². The van der Waals surface area contributed by atoms with Crippen LogP contribution in [0.5, 0.6) is 11.5 Å².